The number of rotatable bonds is 0. The van der Waals surface area contributed by atoms with Crippen molar-refractivity contribution in [3.8, 4) is 0 Å². The van der Waals surface area contributed by atoms with Crippen LogP contribution in [0.3, 0.4) is 0 Å². The lowest BCUT2D eigenvalue weighted by atomic mass is 10.1. The zero-order chi connectivity index (χ0) is 13.0. The molecule has 0 saturated carbocycles. The number of hydrogen-bond acceptors (Lipinski definition) is 2. The van der Waals surface area contributed by atoms with Crippen LogP contribution in [-0.2, 0) is 0 Å². The van der Waals surface area contributed by atoms with Crippen molar-refractivity contribution in [2.45, 2.75) is 6.92 Å². The van der Waals surface area contributed by atoms with Crippen molar-refractivity contribution in [1.82, 2.24) is 4.98 Å². The van der Waals surface area contributed by atoms with Gasteiger partial charge in [0.2, 0.25) is 0 Å². The van der Waals surface area contributed by atoms with E-state index in [4.69, 9.17) is 21.0 Å². The van der Waals surface area contributed by atoms with Gasteiger partial charge in [0.1, 0.15) is 11.1 Å². The van der Waals surface area contributed by atoms with Gasteiger partial charge >= 0.3 is 0 Å². The number of fused-ring (bicyclic) bond motifs is 4. The number of aromatic nitrogens is 1. The number of benzene rings is 2. The highest BCUT2D eigenvalue weighted by Gasteiger charge is 2.12. The van der Waals surface area contributed by atoms with Gasteiger partial charge in [-0.05, 0) is 36.8 Å². The van der Waals surface area contributed by atoms with Crippen LogP contribution in [0, 0.1) is 6.92 Å². The lowest BCUT2D eigenvalue weighted by Gasteiger charge is -2.00. The van der Waals surface area contributed by atoms with E-state index in [1.54, 1.807) is 0 Å². The number of hydrogen-bond donors (Lipinski definition) is 0. The number of nitrogens with zero attached hydrogens (tertiary/aromatic N) is 1. The average molecular weight is 268 g/mol. The zero-order valence-electron chi connectivity index (χ0n) is 10.3. The van der Waals surface area contributed by atoms with Crippen LogP contribution in [0.5, 0.6) is 0 Å². The SMILES string of the molecule is Cc1cccc2nc3c(cc12)oc1cccc(Cl)c13. The van der Waals surface area contributed by atoms with Crippen molar-refractivity contribution in [2.24, 2.45) is 0 Å². The Hall–Kier alpha value is -2.06. The molecule has 92 valence electrons. The van der Waals surface area contributed by atoms with Crippen LogP contribution in [0.2, 0.25) is 5.02 Å². The fourth-order valence-electron chi connectivity index (χ4n) is 2.52. The lowest BCUT2D eigenvalue weighted by molar-refractivity contribution is 0.669. The molecule has 2 heterocycles. The van der Waals surface area contributed by atoms with Crippen LogP contribution in [0.1, 0.15) is 5.56 Å². The maximum atomic E-state index is 6.26. The molecule has 2 aromatic heterocycles. The van der Waals surface area contributed by atoms with Crippen molar-refractivity contribution in [3.05, 3.63) is 53.1 Å². The fourth-order valence-corrected chi connectivity index (χ4v) is 2.78. The summed E-state index contributed by atoms with van der Waals surface area (Å²) < 4.78 is 5.85. The van der Waals surface area contributed by atoms with E-state index in [9.17, 15) is 0 Å². The molecular weight excluding hydrogens is 258 g/mol. The van der Waals surface area contributed by atoms with Gasteiger partial charge in [-0.15, -0.1) is 0 Å². The summed E-state index contributed by atoms with van der Waals surface area (Å²) in [5.41, 5.74) is 4.56. The van der Waals surface area contributed by atoms with E-state index in [2.05, 4.69) is 13.0 Å². The molecule has 0 unspecified atom stereocenters. The van der Waals surface area contributed by atoms with Gasteiger partial charge in [-0.1, -0.05) is 29.8 Å². The molecule has 0 bridgehead atoms. The van der Waals surface area contributed by atoms with Crippen molar-refractivity contribution in [2.75, 3.05) is 0 Å². The summed E-state index contributed by atoms with van der Waals surface area (Å²) in [6.45, 7) is 2.07. The Bertz CT molecular complexity index is 940. The molecule has 2 nitrogen and oxygen atoms in total. The Kier molecular flexibility index (Phi) is 2.12. The Morgan fingerprint density at radius 3 is 2.79 bits per heavy atom. The first-order valence-electron chi connectivity index (χ1n) is 6.11. The molecule has 0 atom stereocenters. The molecule has 0 N–H and O–H groups in total. The first kappa shape index (κ1) is 10.8. The van der Waals surface area contributed by atoms with Gasteiger partial charge in [0.05, 0.1) is 15.9 Å². The normalized spacial score (nSPS) is 11.7. The lowest BCUT2D eigenvalue weighted by Crippen LogP contribution is -1.82. The minimum atomic E-state index is 0.677. The first-order chi connectivity index (χ1) is 9.24. The Morgan fingerprint density at radius 2 is 1.89 bits per heavy atom. The molecular formula is C16H10ClNO. The molecule has 0 spiro atoms. The third-order valence-electron chi connectivity index (χ3n) is 3.47. The maximum absolute atomic E-state index is 6.26. The number of pyridine rings is 1. The highest BCUT2D eigenvalue weighted by atomic mass is 35.5. The van der Waals surface area contributed by atoms with E-state index in [1.165, 1.54) is 5.56 Å². The molecule has 0 amide bonds. The van der Waals surface area contributed by atoms with Crippen LogP contribution < -0.4 is 0 Å². The van der Waals surface area contributed by atoms with E-state index >= 15 is 0 Å². The van der Waals surface area contributed by atoms with Crippen LogP contribution in [0.25, 0.3) is 33.0 Å². The molecule has 0 saturated heterocycles. The molecule has 0 aliphatic rings. The summed E-state index contributed by atoms with van der Waals surface area (Å²) in [6, 6.07) is 13.8. The molecule has 0 fully saturated rings. The highest BCUT2D eigenvalue weighted by molar-refractivity contribution is 6.37. The van der Waals surface area contributed by atoms with Crippen LogP contribution >= 0.6 is 11.6 Å². The van der Waals surface area contributed by atoms with E-state index in [-0.39, 0.29) is 0 Å². The summed E-state index contributed by atoms with van der Waals surface area (Å²) in [4.78, 5) is 4.71. The van der Waals surface area contributed by atoms with Gasteiger partial charge in [-0.3, -0.25) is 0 Å². The summed E-state index contributed by atoms with van der Waals surface area (Å²) in [5.74, 6) is 0. The van der Waals surface area contributed by atoms with Gasteiger partial charge in [-0.2, -0.15) is 0 Å². The quantitative estimate of drug-likeness (QED) is 0.443. The molecule has 0 aliphatic heterocycles. The minimum Gasteiger partial charge on any atom is -0.454 e. The minimum absolute atomic E-state index is 0.677. The molecule has 4 rings (SSSR count). The van der Waals surface area contributed by atoms with E-state index in [0.717, 1.165) is 33.0 Å². The molecule has 2 aromatic carbocycles. The summed E-state index contributed by atoms with van der Waals surface area (Å²) >= 11 is 6.26. The zero-order valence-corrected chi connectivity index (χ0v) is 11.0. The molecule has 0 radical (unpaired) electrons. The third-order valence-corrected chi connectivity index (χ3v) is 3.79. The maximum Gasteiger partial charge on any atom is 0.154 e. The van der Waals surface area contributed by atoms with E-state index in [1.807, 2.05) is 36.4 Å². The third kappa shape index (κ3) is 1.47. The molecule has 19 heavy (non-hydrogen) atoms. The van der Waals surface area contributed by atoms with E-state index in [0.29, 0.717) is 5.02 Å². The second kappa shape index (κ2) is 3.72. The fraction of sp³-hybridized carbons (Fsp3) is 0.0625. The van der Waals surface area contributed by atoms with Gasteiger partial charge in [-0.25, -0.2) is 4.98 Å². The van der Waals surface area contributed by atoms with Gasteiger partial charge in [0.15, 0.2) is 5.58 Å². The van der Waals surface area contributed by atoms with Crippen molar-refractivity contribution < 1.29 is 4.42 Å². The van der Waals surface area contributed by atoms with Crippen LogP contribution in [-0.4, -0.2) is 4.98 Å². The van der Waals surface area contributed by atoms with Gasteiger partial charge in [0, 0.05) is 5.39 Å². The molecule has 3 heteroatoms. The van der Waals surface area contributed by atoms with Crippen LogP contribution in [0.15, 0.2) is 46.9 Å². The second-order valence-corrected chi connectivity index (χ2v) is 5.10. The van der Waals surface area contributed by atoms with Crippen molar-refractivity contribution in [1.29, 1.82) is 0 Å². The van der Waals surface area contributed by atoms with Gasteiger partial charge < -0.3 is 4.42 Å². The Morgan fingerprint density at radius 1 is 1.05 bits per heavy atom. The topological polar surface area (TPSA) is 26.0 Å². The predicted octanol–water partition coefficient (Wildman–Crippen LogP) is 5.10. The monoisotopic (exact) mass is 267 g/mol. The van der Waals surface area contributed by atoms with Crippen molar-refractivity contribution in [3.63, 3.8) is 0 Å². The average Bonchev–Trinajstić information content (AvgIpc) is 2.76. The van der Waals surface area contributed by atoms with E-state index < -0.39 is 0 Å². The van der Waals surface area contributed by atoms with Gasteiger partial charge in [0.25, 0.3) is 0 Å². The Balaban J connectivity index is 2.28. The molecule has 4 aromatic rings. The standard InChI is InChI=1S/C16H10ClNO/c1-9-4-2-6-12-10(9)8-14-16(18-12)15-11(17)5-3-7-13(15)19-14/h2-8H,1H3. The Labute approximate surface area is 114 Å². The highest BCUT2D eigenvalue weighted by Crippen LogP contribution is 2.34. The predicted molar refractivity (Wildman–Crippen MR) is 78.8 cm³/mol. The number of furan rings is 1. The second-order valence-electron chi connectivity index (χ2n) is 4.69. The summed E-state index contributed by atoms with van der Waals surface area (Å²) in [5, 5.41) is 2.68. The smallest absolute Gasteiger partial charge is 0.154 e. The first-order valence-corrected chi connectivity index (χ1v) is 6.49. The largest absolute Gasteiger partial charge is 0.454 e. The molecule has 0 aliphatic carbocycles. The number of halogens is 1. The summed E-state index contributed by atoms with van der Waals surface area (Å²) in [6.07, 6.45) is 0. The van der Waals surface area contributed by atoms with Crippen LogP contribution in [0.4, 0.5) is 0 Å². The summed E-state index contributed by atoms with van der Waals surface area (Å²) in [7, 11) is 0. The van der Waals surface area contributed by atoms with Crippen molar-refractivity contribution >= 4 is 44.6 Å². The number of aryl methyl sites for hydroxylation is 1.